The summed E-state index contributed by atoms with van der Waals surface area (Å²) in [4.78, 5) is 0. The molecule has 0 heterocycles. The van der Waals surface area contributed by atoms with Crippen LogP contribution in [-0.4, -0.2) is 20.4 Å². The van der Waals surface area contributed by atoms with Crippen LogP contribution in [0.4, 0.5) is 0 Å². The van der Waals surface area contributed by atoms with Crippen LogP contribution in [-0.2, 0) is 28.8 Å². The van der Waals surface area contributed by atoms with Crippen LogP contribution in [0.25, 0.3) is 0 Å². The van der Waals surface area contributed by atoms with Crippen LogP contribution in [0.1, 0.15) is 88.8 Å². The maximum atomic E-state index is 10.9. The van der Waals surface area contributed by atoms with Crippen LogP contribution in [0.15, 0.2) is 36.4 Å². The number of hydrogen-bond acceptors (Lipinski definition) is 4. The van der Waals surface area contributed by atoms with Crippen LogP contribution in [0, 0.1) is 0 Å². The summed E-state index contributed by atoms with van der Waals surface area (Å²) in [6, 6.07) is 11.4. The minimum absolute atomic E-state index is 0.481. The predicted octanol–water partition coefficient (Wildman–Crippen LogP) is 4.19. The van der Waals surface area contributed by atoms with Gasteiger partial charge in [-0.25, -0.2) is 0 Å². The zero-order chi connectivity index (χ0) is 22.4. The van der Waals surface area contributed by atoms with E-state index >= 15 is 0 Å². The van der Waals surface area contributed by atoms with Crippen LogP contribution >= 0.6 is 0 Å². The van der Waals surface area contributed by atoms with Gasteiger partial charge in [0, 0.05) is 0 Å². The molecule has 0 amide bonds. The van der Waals surface area contributed by atoms with Crippen molar-refractivity contribution in [1.82, 2.24) is 0 Å². The number of aliphatic hydroxyl groups is 4. The molecular weight excluding hydrogens is 364 g/mol. The SMILES string of the molecule is CC(C)(O)c1cccc(Cc2c(C(C)(C)O)cc(C(C)(C)O)cc2C(C)(C)O)c1. The van der Waals surface area contributed by atoms with Crippen molar-refractivity contribution < 1.29 is 20.4 Å². The van der Waals surface area contributed by atoms with Crippen LogP contribution < -0.4 is 0 Å². The van der Waals surface area contributed by atoms with Crippen molar-refractivity contribution in [3.05, 3.63) is 69.8 Å². The Morgan fingerprint density at radius 1 is 0.586 bits per heavy atom. The van der Waals surface area contributed by atoms with E-state index in [4.69, 9.17) is 0 Å². The van der Waals surface area contributed by atoms with Gasteiger partial charge in [-0.2, -0.15) is 0 Å². The highest BCUT2D eigenvalue weighted by atomic mass is 16.3. The van der Waals surface area contributed by atoms with Gasteiger partial charge in [0.25, 0.3) is 0 Å². The van der Waals surface area contributed by atoms with Crippen molar-refractivity contribution >= 4 is 0 Å². The third-order valence-corrected chi connectivity index (χ3v) is 5.29. The van der Waals surface area contributed by atoms with Gasteiger partial charge >= 0.3 is 0 Å². The molecule has 2 rings (SSSR count). The number of benzene rings is 2. The van der Waals surface area contributed by atoms with Gasteiger partial charge in [-0.05, 0) is 107 Å². The second kappa shape index (κ2) is 7.51. The van der Waals surface area contributed by atoms with Gasteiger partial charge in [0.2, 0.25) is 0 Å². The van der Waals surface area contributed by atoms with Crippen molar-refractivity contribution in [3.63, 3.8) is 0 Å². The van der Waals surface area contributed by atoms with E-state index in [2.05, 4.69) is 0 Å². The zero-order valence-electron chi connectivity index (χ0n) is 19.0. The van der Waals surface area contributed by atoms with Crippen LogP contribution in [0.3, 0.4) is 0 Å². The molecule has 2 aromatic rings. The highest BCUT2D eigenvalue weighted by Crippen LogP contribution is 2.37. The fourth-order valence-corrected chi connectivity index (χ4v) is 3.57. The maximum Gasteiger partial charge on any atom is 0.0843 e. The third kappa shape index (κ3) is 5.67. The molecule has 4 heteroatoms. The molecule has 0 aromatic heterocycles. The van der Waals surface area contributed by atoms with E-state index < -0.39 is 22.4 Å². The normalized spacial score (nSPS) is 13.7. The molecule has 0 radical (unpaired) electrons. The van der Waals surface area contributed by atoms with Crippen molar-refractivity contribution in [2.75, 3.05) is 0 Å². The van der Waals surface area contributed by atoms with Gasteiger partial charge in [0.1, 0.15) is 0 Å². The first kappa shape index (κ1) is 23.6. The minimum Gasteiger partial charge on any atom is -0.386 e. The van der Waals surface area contributed by atoms with E-state index in [0.717, 1.165) is 16.7 Å². The maximum absolute atomic E-state index is 10.9. The topological polar surface area (TPSA) is 80.9 Å². The summed E-state index contributed by atoms with van der Waals surface area (Å²) in [7, 11) is 0. The summed E-state index contributed by atoms with van der Waals surface area (Å²) in [6.07, 6.45) is 0.481. The summed E-state index contributed by atoms with van der Waals surface area (Å²) in [5, 5.41) is 42.8. The van der Waals surface area contributed by atoms with E-state index in [9.17, 15) is 20.4 Å². The van der Waals surface area contributed by atoms with E-state index in [1.807, 2.05) is 36.4 Å². The highest BCUT2D eigenvalue weighted by Gasteiger charge is 2.31. The average Bonchev–Trinajstić information content (AvgIpc) is 2.51. The number of rotatable bonds is 6. The fraction of sp³-hybridized carbons (Fsp3) is 0.520. The Morgan fingerprint density at radius 2 is 1.03 bits per heavy atom. The van der Waals surface area contributed by atoms with Crippen LogP contribution in [0.5, 0.6) is 0 Å². The molecule has 4 nitrogen and oxygen atoms in total. The molecule has 0 aliphatic rings. The van der Waals surface area contributed by atoms with Gasteiger partial charge < -0.3 is 20.4 Å². The summed E-state index contributed by atoms with van der Waals surface area (Å²) in [5.74, 6) is 0. The van der Waals surface area contributed by atoms with Crippen molar-refractivity contribution in [1.29, 1.82) is 0 Å². The molecule has 4 N–H and O–H groups in total. The molecule has 160 valence electrons. The number of hydrogen-bond donors (Lipinski definition) is 4. The summed E-state index contributed by atoms with van der Waals surface area (Å²) < 4.78 is 0. The Kier molecular flexibility index (Phi) is 6.10. The molecule has 0 spiro atoms. The van der Waals surface area contributed by atoms with E-state index in [0.29, 0.717) is 23.1 Å². The first-order valence-corrected chi connectivity index (χ1v) is 10.1. The standard InChI is InChI=1S/C25H36O4/c1-22(2,26)17-11-9-10-16(12-17)13-19-20(24(5,6)28)14-18(23(3,4)27)15-21(19)25(7,8)29/h9-12,14-15,26-29H,13H2,1-8H3. The van der Waals surface area contributed by atoms with Crippen molar-refractivity contribution in [2.24, 2.45) is 0 Å². The molecule has 0 aliphatic carbocycles. The summed E-state index contributed by atoms with van der Waals surface area (Å²) >= 11 is 0. The molecule has 2 aromatic carbocycles. The van der Waals surface area contributed by atoms with Gasteiger partial charge in [0.15, 0.2) is 0 Å². The van der Waals surface area contributed by atoms with E-state index in [1.54, 1.807) is 55.4 Å². The molecule has 0 fully saturated rings. The molecule has 0 saturated heterocycles. The molecule has 0 bridgehead atoms. The van der Waals surface area contributed by atoms with Gasteiger partial charge in [-0.15, -0.1) is 0 Å². The Morgan fingerprint density at radius 3 is 1.41 bits per heavy atom. The lowest BCUT2D eigenvalue weighted by Crippen LogP contribution is -2.27. The largest absolute Gasteiger partial charge is 0.386 e. The minimum atomic E-state index is -1.16. The van der Waals surface area contributed by atoms with Gasteiger partial charge in [-0.3, -0.25) is 0 Å². The Balaban J connectivity index is 2.76. The Bertz CT molecular complexity index is 834. The second-order valence-electron chi connectivity index (χ2n) is 10.2. The lowest BCUT2D eigenvalue weighted by Gasteiger charge is -2.32. The fourth-order valence-electron chi connectivity index (χ4n) is 3.57. The molecule has 29 heavy (non-hydrogen) atoms. The van der Waals surface area contributed by atoms with E-state index in [-0.39, 0.29) is 0 Å². The van der Waals surface area contributed by atoms with Crippen molar-refractivity contribution in [2.45, 2.75) is 84.2 Å². The van der Waals surface area contributed by atoms with Gasteiger partial charge in [-0.1, -0.05) is 24.3 Å². The average molecular weight is 401 g/mol. The highest BCUT2D eigenvalue weighted by molar-refractivity contribution is 5.48. The quantitative estimate of drug-likeness (QED) is 0.586. The molecular formula is C25H36O4. The zero-order valence-corrected chi connectivity index (χ0v) is 19.0. The molecule has 0 saturated carbocycles. The van der Waals surface area contributed by atoms with Crippen molar-refractivity contribution in [3.8, 4) is 0 Å². The summed E-state index contributed by atoms with van der Waals surface area (Å²) in [5.41, 5.74) is 0.180. The third-order valence-electron chi connectivity index (χ3n) is 5.29. The summed E-state index contributed by atoms with van der Waals surface area (Å²) in [6.45, 7) is 13.7. The van der Waals surface area contributed by atoms with E-state index in [1.165, 1.54) is 0 Å². The monoisotopic (exact) mass is 400 g/mol. The molecule has 0 unspecified atom stereocenters. The smallest absolute Gasteiger partial charge is 0.0843 e. The van der Waals surface area contributed by atoms with Crippen LogP contribution in [0.2, 0.25) is 0 Å². The second-order valence-corrected chi connectivity index (χ2v) is 10.2. The van der Waals surface area contributed by atoms with Gasteiger partial charge in [0.05, 0.1) is 22.4 Å². The molecule has 0 atom stereocenters. The first-order valence-electron chi connectivity index (χ1n) is 10.1. The lowest BCUT2D eigenvalue weighted by molar-refractivity contribution is 0.0637. The first-order chi connectivity index (χ1) is 12.9. The predicted molar refractivity (Wildman–Crippen MR) is 117 cm³/mol. The molecule has 0 aliphatic heterocycles. The Hall–Kier alpha value is -1.72. The lowest BCUT2D eigenvalue weighted by atomic mass is 9.78. The Labute approximate surface area is 174 Å².